The predicted molar refractivity (Wildman–Crippen MR) is 92.7 cm³/mol. The normalized spacial score (nSPS) is 16.4. The maximum atomic E-state index is 5.98. The van der Waals surface area contributed by atoms with Crippen molar-refractivity contribution in [3.8, 4) is 23.0 Å². The molecule has 0 saturated heterocycles. The second-order valence-corrected chi connectivity index (χ2v) is 6.07. The zero-order valence-electron chi connectivity index (χ0n) is 13.8. The first-order valence-electron chi connectivity index (χ1n) is 8.34. The minimum Gasteiger partial charge on any atom is -0.365 e. The van der Waals surface area contributed by atoms with E-state index in [0.717, 1.165) is 16.8 Å². The van der Waals surface area contributed by atoms with Crippen LogP contribution in [0.1, 0.15) is 17.4 Å². The van der Waals surface area contributed by atoms with Crippen LogP contribution in [0.15, 0.2) is 65.4 Å². The second-order valence-electron chi connectivity index (χ2n) is 6.07. The van der Waals surface area contributed by atoms with Crippen molar-refractivity contribution in [1.29, 1.82) is 0 Å². The maximum Gasteiger partial charge on any atom is 0.278 e. The largest absolute Gasteiger partial charge is 0.365 e. The fourth-order valence-electron chi connectivity index (χ4n) is 3.05. The number of hydrogen-bond acceptors (Lipinski definition) is 6. The fourth-order valence-corrected chi connectivity index (χ4v) is 3.05. The summed E-state index contributed by atoms with van der Waals surface area (Å²) < 4.78 is 13.3. The van der Waals surface area contributed by atoms with E-state index >= 15 is 0 Å². The van der Waals surface area contributed by atoms with E-state index in [-0.39, 0.29) is 6.10 Å². The van der Waals surface area contributed by atoms with E-state index in [1.165, 1.54) is 0 Å². The number of nitrogens with zero attached hydrogens (tertiary/aromatic N) is 5. The molecule has 0 aliphatic carbocycles. The van der Waals surface area contributed by atoms with Gasteiger partial charge in [-0.2, -0.15) is 10.1 Å². The van der Waals surface area contributed by atoms with E-state index in [1.807, 2.05) is 41.1 Å². The molecule has 1 aliphatic rings. The molecule has 4 aromatic rings. The standard InChI is InChI=1S/C19H15N5O2/c1-2-4-13(5-3-1)17-11-24-15(12-25-17)10-16(22-24)19-21-18(23-26-19)14-6-8-20-9-7-14/h1-10,17H,11-12H2. The lowest BCUT2D eigenvalue weighted by molar-refractivity contribution is -0.00113. The molecule has 0 spiro atoms. The molecular formula is C19H15N5O2. The van der Waals surface area contributed by atoms with E-state index < -0.39 is 0 Å². The first kappa shape index (κ1) is 15.0. The van der Waals surface area contributed by atoms with Crippen molar-refractivity contribution in [2.45, 2.75) is 19.3 Å². The average Bonchev–Trinajstić information content (AvgIpc) is 3.36. The molecule has 1 unspecified atom stereocenters. The van der Waals surface area contributed by atoms with Gasteiger partial charge in [-0.05, 0) is 23.8 Å². The minimum atomic E-state index is -0.00786. The van der Waals surface area contributed by atoms with Gasteiger partial charge in [0.25, 0.3) is 5.89 Å². The molecule has 26 heavy (non-hydrogen) atoms. The van der Waals surface area contributed by atoms with Gasteiger partial charge in [-0.1, -0.05) is 35.5 Å². The lowest BCUT2D eigenvalue weighted by atomic mass is 10.1. The Labute approximate surface area is 149 Å². The number of hydrogen-bond donors (Lipinski definition) is 0. The van der Waals surface area contributed by atoms with Crippen molar-refractivity contribution < 1.29 is 9.26 Å². The molecule has 0 bridgehead atoms. The summed E-state index contributed by atoms with van der Waals surface area (Å²) in [6.45, 7) is 1.16. The van der Waals surface area contributed by atoms with Gasteiger partial charge in [-0.25, -0.2) is 0 Å². The van der Waals surface area contributed by atoms with E-state index in [0.29, 0.717) is 30.6 Å². The summed E-state index contributed by atoms with van der Waals surface area (Å²) in [6.07, 6.45) is 3.38. The molecule has 7 nitrogen and oxygen atoms in total. The van der Waals surface area contributed by atoms with Crippen LogP contribution in [0.25, 0.3) is 23.0 Å². The number of ether oxygens (including phenoxy) is 1. The van der Waals surface area contributed by atoms with E-state index in [4.69, 9.17) is 9.26 Å². The molecule has 1 atom stereocenters. The van der Waals surface area contributed by atoms with Crippen LogP contribution < -0.4 is 0 Å². The van der Waals surface area contributed by atoms with Crippen molar-refractivity contribution in [3.63, 3.8) is 0 Å². The van der Waals surface area contributed by atoms with E-state index in [9.17, 15) is 0 Å². The Morgan fingerprint density at radius 3 is 2.73 bits per heavy atom. The van der Waals surface area contributed by atoms with Crippen LogP contribution >= 0.6 is 0 Å². The molecular weight excluding hydrogens is 330 g/mol. The number of fused-ring (bicyclic) bond motifs is 1. The van der Waals surface area contributed by atoms with Crippen LogP contribution in [0.3, 0.4) is 0 Å². The minimum absolute atomic E-state index is 0.00786. The highest BCUT2D eigenvalue weighted by molar-refractivity contribution is 5.57. The predicted octanol–water partition coefficient (Wildman–Crippen LogP) is 3.27. The van der Waals surface area contributed by atoms with Crippen LogP contribution in [-0.2, 0) is 17.9 Å². The average molecular weight is 345 g/mol. The molecule has 0 radical (unpaired) electrons. The van der Waals surface area contributed by atoms with Crippen molar-refractivity contribution >= 4 is 0 Å². The summed E-state index contributed by atoms with van der Waals surface area (Å²) in [5, 5.41) is 8.67. The van der Waals surface area contributed by atoms with Gasteiger partial charge in [0.1, 0.15) is 6.10 Å². The van der Waals surface area contributed by atoms with Gasteiger partial charge in [-0.15, -0.1) is 0 Å². The van der Waals surface area contributed by atoms with Crippen LogP contribution in [0.4, 0.5) is 0 Å². The lowest BCUT2D eigenvalue weighted by Gasteiger charge is -2.24. The van der Waals surface area contributed by atoms with E-state index in [2.05, 4.69) is 32.4 Å². The Balaban J connectivity index is 1.42. The topological polar surface area (TPSA) is 78.9 Å². The molecule has 5 rings (SSSR count). The summed E-state index contributed by atoms with van der Waals surface area (Å²) in [5.74, 6) is 0.918. The van der Waals surface area contributed by atoms with Crippen LogP contribution in [-0.4, -0.2) is 24.9 Å². The molecule has 0 saturated carbocycles. The monoisotopic (exact) mass is 345 g/mol. The molecule has 1 aliphatic heterocycles. The Bertz CT molecular complexity index is 1030. The molecule has 7 heteroatoms. The van der Waals surface area contributed by atoms with Gasteiger partial charge in [0.2, 0.25) is 5.82 Å². The summed E-state index contributed by atoms with van der Waals surface area (Å²) >= 11 is 0. The zero-order valence-corrected chi connectivity index (χ0v) is 13.8. The Kier molecular flexibility index (Phi) is 3.57. The maximum absolute atomic E-state index is 5.98. The van der Waals surface area contributed by atoms with Crippen molar-refractivity contribution in [2.75, 3.05) is 0 Å². The highest BCUT2D eigenvalue weighted by atomic mass is 16.5. The van der Waals surface area contributed by atoms with Gasteiger partial charge in [-0.3, -0.25) is 9.67 Å². The molecule has 0 amide bonds. The number of benzene rings is 1. The SMILES string of the molecule is c1ccc(C2Cn3nc(-c4nc(-c5ccncc5)no4)cc3CO2)cc1. The first-order chi connectivity index (χ1) is 12.9. The second kappa shape index (κ2) is 6.20. The van der Waals surface area contributed by atoms with E-state index in [1.54, 1.807) is 12.4 Å². The smallest absolute Gasteiger partial charge is 0.278 e. The highest BCUT2D eigenvalue weighted by Gasteiger charge is 2.24. The molecule has 1 aromatic carbocycles. The molecule has 4 heterocycles. The summed E-state index contributed by atoms with van der Waals surface area (Å²) in [7, 11) is 0. The Morgan fingerprint density at radius 1 is 1.04 bits per heavy atom. The highest BCUT2D eigenvalue weighted by Crippen LogP contribution is 2.29. The van der Waals surface area contributed by atoms with Gasteiger partial charge < -0.3 is 9.26 Å². The number of rotatable bonds is 3. The Morgan fingerprint density at radius 2 is 1.88 bits per heavy atom. The van der Waals surface area contributed by atoms with Crippen molar-refractivity contribution in [3.05, 3.63) is 72.2 Å². The quantitative estimate of drug-likeness (QED) is 0.567. The fraction of sp³-hybridized carbons (Fsp3) is 0.158. The van der Waals surface area contributed by atoms with Gasteiger partial charge in [0.05, 0.1) is 18.8 Å². The summed E-state index contributed by atoms with van der Waals surface area (Å²) in [6, 6.07) is 15.8. The zero-order chi connectivity index (χ0) is 17.3. The third kappa shape index (κ3) is 2.68. The first-order valence-corrected chi connectivity index (χ1v) is 8.34. The third-order valence-electron chi connectivity index (χ3n) is 4.39. The molecule has 0 N–H and O–H groups in total. The summed E-state index contributed by atoms with van der Waals surface area (Å²) in [4.78, 5) is 8.45. The van der Waals surface area contributed by atoms with Crippen LogP contribution in [0, 0.1) is 0 Å². The summed E-state index contributed by atoms with van der Waals surface area (Å²) in [5.41, 5.74) is 3.65. The van der Waals surface area contributed by atoms with Gasteiger partial charge >= 0.3 is 0 Å². The van der Waals surface area contributed by atoms with Gasteiger partial charge in [0, 0.05) is 18.0 Å². The van der Waals surface area contributed by atoms with Crippen LogP contribution in [0.5, 0.6) is 0 Å². The van der Waals surface area contributed by atoms with Crippen molar-refractivity contribution in [2.24, 2.45) is 0 Å². The van der Waals surface area contributed by atoms with Crippen molar-refractivity contribution in [1.82, 2.24) is 24.9 Å². The molecule has 3 aromatic heterocycles. The Hall–Kier alpha value is -3.32. The molecule has 128 valence electrons. The lowest BCUT2D eigenvalue weighted by Crippen LogP contribution is -2.21. The number of pyridine rings is 1. The van der Waals surface area contributed by atoms with Crippen LogP contribution in [0.2, 0.25) is 0 Å². The number of aromatic nitrogens is 5. The van der Waals surface area contributed by atoms with Gasteiger partial charge in [0.15, 0.2) is 5.69 Å². The third-order valence-corrected chi connectivity index (χ3v) is 4.39. The molecule has 0 fully saturated rings.